The first-order chi connectivity index (χ1) is 10.1. The van der Waals surface area contributed by atoms with Crippen LogP contribution in [0.4, 0.5) is 0 Å². The molecule has 0 aliphatic heterocycles. The minimum Gasteiger partial charge on any atom is -0.490 e. The van der Waals surface area contributed by atoms with Crippen LogP contribution >= 0.6 is 15.9 Å². The Balaban J connectivity index is 2.73. The fourth-order valence-corrected chi connectivity index (χ4v) is 2.47. The molecule has 21 heavy (non-hydrogen) atoms. The monoisotopic (exact) mass is 358 g/mol. The van der Waals surface area contributed by atoms with Crippen molar-refractivity contribution in [2.45, 2.75) is 26.8 Å². The molecule has 0 aromatic heterocycles. The number of halogens is 1. The van der Waals surface area contributed by atoms with E-state index >= 15 is 0 Å². The van der Waals surface area contributed by atoms with Gasteiger partial charge in [-0.3, -0.25) is 0 Å². The summed E-state index contributed by atoms with van der Waals surface area (Å²) in [5.41, 5.74) is 1.19. The van der Waals surface area contributed by atoms with Crippen LogP contribution in [0.5, 0.6) is 11.5 Å². The van der Waals surface area contributed by atoms with E-state index in [-0.39, 0.29) is 0 Å². The maximum atomic E-state index is 5.78. The summed E-state index contributed by atoms with van der Waals surface area (Å²) in [6, 6.07) is 4.15. The van der Waals surface area contributed by atoms with E-state index in [0.29, 0.717) is 13.2 Å². The Morgan fingerprint density at radius 2 is 1.95 bits per heavy atom. The molecule has 1 aromatic rings. The maximum Gasteiger partial charge on any atom is 0.175 e. The first-order valence-corrected chi connectivity index (χ1v) is 8.31. The topological polar surface area (TPSA) is 33.7 Å². The molecule has 1 rings (SSSR count). The van der Waals surface area contributed by atoms with E-state index in [1.807, 2.05) is 6.92 Å². The zero-order chi connectivity index (χ0) is 15.7. The Kier molecular flexibility index (Phi) is 8.73. The SMILES string of the molecule is CCCOc1c(Br)cc(CNCCN(C)C)cc1OCC. The van der Waals surface area contributed by atoms with E-state index in [2.05, 4.69) is 59.3 Å². The Hall–Kier alpha value is -0.780. The quantitative estimate of drug-likeness (QED) is 0.650. The van der Waals surface area contributed by atoms with Crippen molar-refractivity contribution < 1.29 is 9.47 Å². The van der Waals surface area contributed by atoms with Gasteiger partial charge in [-0.2, -0.15) is 0 Å². The molecule has 0 bridgehead atoms. The molecule has 0 radical (unpaired) electrons. The van der Waals surface area contributed by atoms with Gasteiger partial charge < -0.3 is 19.7 Å². The molecule has 1 N–H and O–H groups in total. The fraction of sp³-hybridized carbons (Fsp3) is 0.625. The van der Waals surface area contributed by atoms with Crippen LogP contribution in [0.1, 0.15) is 25.8 Å². The van der Waals surface area contributed by atoms with Gasteiger partial charge >= 0.3 is 0 Å². The highest BCUT2D eigenvalue weighted by Crippen LogP contribution is 2.37. The predicted molar refractivity (Wildman–Crippen MR) is 91.4 cm³/mol. The Labute approximate surface area is 136 Å². The molecular weight excluding hydrogens is 332 g/mol. The molecule has 0 saturated heterocycles. The third-order valence-corrected chi connectivity index (χ3v) is 3.47. The van der Waals surface area contributed by atoms with Crippen LogP contribution in [-0.2, 0) is 6.54 Å². The largest absolute Gasteiger partial charge is 0.490 e. The van der Waals surface area contributed by atoms with Crippen molar-refractivity contribution in [2.75, 3.05) is 40.4 Å². The number of nitrogens with one attached hydrogen (secondary N) is 1. The molecular formula is C16H27BrN2O2. The molecule has 0 unspecified atom stereocenters. The molecule has 4 nitrogen and oxygen atoms in total. The van der Waals surface area contributed by atoms with E-state index in [0.717, 1.165) is 42.0 Å². The summed E-state index contributed by atoms with van der Waals surface area (Å²) in [6.07, 6.45) is 0.978. The average Bonchev–Trinajstić information content (AvgIpc) is 2.43. The number of ether oxygens (including phenoxy) is 2. The Morgan fingerprint density at radius 3 is 2.57 bits per heavy atom. The van der Waals surface area contributed by atoms with Gasteiger partial charge in [-0.05, 0) is 61.1 Å². The molecule has 0 spiro atoms. The molecule has 0 aliphatic carbocycles. The van der Waals surface area contributed by atoms with Gasteiger partial charge in [0.25, 0.3) is 0 Å². The van der Waals surface area contributed by atoms with E-state index in [1.165, 1.54) is 5.56 Å². The van der Waals surface area contributed by atoms with Crippen LogP contribution in [0.2, 0.25) is 0 Å². The molecule has 0 aliphatic rings. The zero-order valence-corrected chi connectivity index (χ0v) is 15.1. The molecule has 120 valence electrons. The molecule has 0 amide bonds. The summed E-state index contributed by atoms with van der Waals surface area (Å²) < 4.78 is 12.4. The number of rotatable bonds is 10. The van der Waals surface area contributed by atoms with Crippen molar-refractivity contribution in [3.63, 3.8) is 0 Å². The van der Waals surface area contributed by atoms with E-state index in [9.17, 15) is 0 Å². The zero-order valence-electron chi connectivity index (χ0n) is 13.5. The van der Waals surface area contributed by atoms with Crippen molar-refractivity contribution in [3.8, 4) is 11.5 Å². The second-order valence-corrected chi connectivity index (χ2v) is 6.02. The van der Waals surface area contributed by atoms with Crippen LogP contribution in [-0.4, -0.2) is 45.3 Å². The maximum absolute atomic E-state index is 5.78. The highest BCUT2D eigenvalue weighted by Gasteiger charge is 2.12. The third kappa shape index (κ3) is 6.68. The van der Waals surface area contributed by atoms with Crippen LogP contribution in [0.3, 0.4) is 0 Å². The molecule has 5 heteroatoms. The van der Waals surface area contributed by atoms with Gasteiger partial charge in [-0.25, -0.2) is 0 Å². The van der Waals surface area contributed by atoms with Gasteiger partial charge in [0.2, 0.25) is 0 Å². The minimum absolute atomic E-state index is 0.631. The number of hydrogen-bond donors (Lipinski definition) is 1. The summed E-state index contributed by atoms with van der Waals surface area (Å²) in [4.78, 5) is 2.16. The summed E-state index contributed by atoms with van der Waals surface area (Å²) in [5, 5.41) is 3.43. The smallest absolute Gasteiger partial charge is 0.175 e. The number of hydrogen-bond acceptors (Lipinski definition) is 4. The minimum atomic E-state index is 0.631. The van der Waals surface area contributed by atoms with Crippen molar-refractivity contribution in [1.82, 2.24) is 10.2 Å². The van der Waals surface area contributed by atoms with Crippen LogP contribution in [0.15, 0.2) is 16.6 Å². The van der Waals surface area contributed by atoms with Crippen molar-refractivity contribution in [1.29, 1.82) is 0 Å². The van der Waals surface area contributed by atoms with Gasteiger partial charge in [0, 0.05) is 19.6 Å². The molecule has 0 saturated carbocycles. The lowest BCUT2D eigenvalue weighted by molar-refractivity contribution is 0.275. The van der Waals surface area contributed by atoms with Gasteiger partial charge in [-0.1, -0.05) is 6.92 Å². The highest BCUT2D eigenvalue weighted by molar-refractivity contribution is 9.10. The summed E-state index contributed by atoms with van der Waals surface area (Å²) in [5.74, 6) is 1.61. The molecule has 0 heterocycles. The fourth-order valence-electron chi connectivity index (χ4n) is 1.87. The van der Waals surface area contributed by atoms with Crippen molar-refractivity contribution in [3.05, 3.63) is 22.2 Å². The first kappa shape index (κ1) is 18.3. The predicted octanol–water partition coefficient (Wildman–Crippen LogP) is 3.29. The highest BCUT2D eigenvalue weighted by atomic mass is 79.9. The Morgan fingerprint density at radius 1 is 1.19 bits per heavy atom. The second kappa shape index (κ2) is 10.0. The van der Waals surface area contributed by atoms with Crippen LogP contribution in [0.25, 0.3) is 0 Å². The van der Waals surface area contributed by atoms with E-state index < -0.39 is 0 Å². The van der Waals surface area contributed by atoms with Crippen LogP contribution < -0.4 is 14.8 Å². The third-order valence-electron chi connectivity index (χ3n) is 2.88. The lowest BCUT2D eigenvalue weighted by Gasteiger charge is -2.16. The second-order valence-electron chi connectivity index (χ2n) is 5.17. The lowest BCUT2D eigenvalue weighted by atomic mass is 10.2. The van der Waals surface area contributed by atoms with Crippen LogP contribution in [0, 0.1) is 0 Å². The summed E-state index contributed by atoms with van der Waals surface area (Å²) in [6.45, 7) is 8.21. The number of likely N-dealkylation sites (N-methyl/N-ethyl adjacent to an activating group) is 1. The van der Waals surface area contributed by atoms with Gasteiger partial charge in [-0.15, -0.1) is 0 Å². The average molecular weight is 359 g/mol. The number of nitrogens with zero attached hydrogens (tertiary/aromatic N) is 1. The van der Waals surface area contributed by atoms with E-state index in [1.54, 1.807) is 0 Å². The molecule has 0 fully saturated rings. The Bertz CT molecular complexity index is 425. The van der Waals surface area contributed by atoms with Crippen molar-refractivity contribution >= 4 is 15.9 Å². The standard InChI is InChI=1S/C16H27BrN2O2/c1-5-9-21-16-14(17)10-13(11-15(16)20-6-2)12-18-7-8-19(3)4/h10-11,18H,5-9,12H2,1-4H3. The number of benzene rings is 1. The van der Waals surface area contributed by atoms with E-state index in [4.69, 9.17) is 9.47 Å². The van der Waals surface area contributed by atoms with Gasteiger partial charge in [0.1, 0.15) is 0 Å². The molecule has 0 atom stereocenters. The van der Waals surface area contributed by atoms with Crippen molar-refractivity contribution in [2.24, 2.45) is 0 Å². The molecule has 1 aromatic carbocycles. The first-order valence-electron chi connectivity index (χ1n) is 7.51. The summed E-state index contributed by atoms with van der Waals surface area (Å²) >= 11 is 3.59. The normalized spacial score (nSPS) is 11.0. The lowest BCUT2D eigenvalue weighted by Crippen LogP contribution is -2.26. The van der Waals surface area contributed by atoms with Gasteiger partial charge in [0.05, 0.1) is 17.7 Å². The summed E-state index contributed by atoms with van der Waals surface area (Å²) in [7, 11) is 4.15. The van der Waals surface area contributed by atoms with Gasteiger partial charge in [0.15, 0.2) is 11.5 Å².